The zero-order chi connectivity index (χ0) is 13.8. The van der Waals surface area contributed by atoms with Gasteiger partial charge in [0, 0.05) is 10.7 Å². The molecule has 1 aromatic heterocycles. The van der Waals surface area contributed by atoms with E-state index < -0.39 is 6.04 Å². The Balaban J connectivity index is 2.49. The van der Waals surface area contributed by atoms with Crippen LogP contribution in [0.3, 0.4) is 0 Å². The van der Waals surface area contributed by atoms with Crippen molar-refractivity contribution in [2.24, 2.45) is 5.84 Å². The average Bonchev–Trinajstić information content (AvgIpc) is 2.39. The van der Waals surface area contributed by atoms with Gasteiger partial charge < -0.3 is 4.74 Å². The molecule has 100 valence electrons. The summed E-state index contributed by atoms with van der Waals surface area (Å²) >= 11 is 3.26. The molecule has 0 fully saturated rings. The fourth-order valence-corrected chi connectivity index (χ4v) is 2.35. The van der Waals surface area contributed by atoms with Gasteiger partial charge in [0.15, 0.2) is 0 Å². The van der Waals surface area contributed by atoms with E-state index in [9.17, 15) is 4.39 Å². The molecule has 0 aliphatic carbocycles. The lowest BCUT2D eigenvalue weighted by Gasteiger charge is -2.18. The van der Waals surface area contributed by atoms with Crippen molar-refractivity contribution in [1.82, 2.24) is 10.4 Å². The highest BCUT2D eigenvalue weighted by Crippen LogP contribution is 2.29. The second kappa shape index (κ2) is 6.10. The lowest BCUT2D eigenvalue weighted by atomic mass is 10.0. The minimum atomic E-state index is -0.455. The van der Waals surface area contributed by atoms with Crippen molar-refractivity contribution < 1.29 is 9.13 Å². The number of rotatable bonds is 4. The van der Waals surface area contributed by atoms with Crippen molar-refractivity contribution >= 4 is 15.9 Å². The molecule has 1 aromatic carbocycles. The van der Waals surface area contributed by atoms with E-state index in [1.54, 1.807) is 31.5 Å². The Bertz CT molecular complexity index is 559. The summed E-state index contributed by atoms with van der Waals surface area (Å²) in [6.45, 7) is 0. The second-order valence-corrected chi connectivity index (χ2v) is 4.81. The summed E-state index contributed by atoms with van der Waals surface area (Å²) in [5, 5.41) is 0. The zero-order valence-electron chi connectivity index (χ0n) is 10.2. The molecule has 0 saturated carbocycles. The molecule has 4 nitrogen and oxygen atoms in total. The van der Waals surface area contributed by atoms with Gasteiger partial charge >= 0.3 is 0 Å². The van der Waals surface area contributed by atoms with Crippen molar-refractivity contribution in [3.05, 3.63) is 58.1 Å². The van der Waals surface area contributed by atoms with Crippen molar-refractivity contribution in [3.63, 3.8) is 0 Å². The number of halogens is 2. The van der Waals surface area contributed by atoms with E-state index in [1.807, 2.05) is 0 Å². The number of hydrogen-bond acceptors (Lipinski definition) is 4. The fourth-order valence-electron chi connectivity index (χ4n) is 1.87. The van der Waals surface area contributed by atoms with Crippen LogP contribution in [0, 0.1) is 5.82 Å². The number of benzene rings is 1. The molecule has 0 spiro atoms. The molecule has 0 radical (unpaired) electrons. The van der Waals surface area contributed by atoms with Gasteiger partial charge in [0.2, 0.25) is 0 Å². The number of nitrogens with one attached hydrogen (secondary N) is 1. The number of methoxy groups -OCH3 is 1. The Morgan fingerprint density at radius 1 is 1.42 bits per heavy atom. The smallest absolute Gasteiger partial charge is 0.142 e. The van der Waals surface area contributed by atoms with Gasteiger partial charge in [-0.05, 0) is 35.9 Å². The van der Waals surface area contributed by atoms with Gasteiger partial charge in [-0.3, -0.25) is 10.8 Å². The molecule has 0 saturated heterocycles. The van der Waals surface area contributed by atoms with Crippen molar-refractivity contribution in [2.75, 3.05) is 7.11 Å². The minimum Gasteiger partial charge on any atom is -0.495 e. The van der Waals surface area contributed by atoms with Gasteiger partial charge in [0.25, 0.3) is 0 Å². The quantitative estimate of drug-likeness (QED) is 0.670. The number of nitrogens with two attached hydrogens (primary N) is 1. The first kappa shape index (κ1) is 13.9. The summed E-state index contributed by atoms with van der Waals surface area (Å²) in [5.74, 6) is 5.82. The van der Waals surface area contributed by atoms with Crippen LogP contribution >= 0.6 is 15.9 Å². The van der Waals surface area contributed by atoms with Gasteiger partial charge in [-0.2, -0.15) is 0 Å². The third kappa shape index (κ3) is 3.09. The van der Waals surface area contributed by atoms with Gasteiger partial charge in [-0.1, -0.05) is 15.9 Å². The molecule has 2 rings (SSSR count). The largest absolute Gasteiger partial charge is 0.495 e. The first-order chi connectivity index (χ1) is 9.15. The van der Waals surface area contributed by atoms with Gasteiger partial charge in [-0.15, -0.1) is 0 Å². The van der Waals surface area contributed by atoms with Gasteiger partial charge in [0.1, 0.15) is 17.3 Å². The van der Waals surface area contributed by atoms with E-state index in [0.717, 1.165) is 0 Å². The van der Waals surface area contributed by atoms with Crippen molar-refractivity contribution in [1.29, 1.82) is 0 Å². The molecular formula is C13H13BrFN3O. The molecule has 0 bridgehead atoms. The Hall–Kier alpha value is -1.50. The normalized spacial score (nSPS) is 12.2. The standard InChI is InChI=1S/C13H13BrFN3O/c1-19-11-3-2-4-17-13(11)12(18-16)8-5-9(14)7-10(15)6-8/h2-7,12,18H,16H2,1H3. The highest BCUT2D eigenvalue weighted by molar-refractivity contribution is 9.10. The maximum absolute atomic E-state index is 13.5. The fraction of sp³-hybridized carbons (Fsp3) is 0.154. The number of hydrogen-bond donors (Lipinski definition) is 2. The van der Waals surface area contributed by atoms with Crippen LogP contribution < -0.4 is 16.0 Å². The molecule has 1 unspecified atom stereocenters. The Labute approximate surface area is 118 Å². The summed E-state index contributed by atoms with van der Waals surface area (Å²) in [7, 11) is 1.55. The molecular weight excluding hydrogens is 313 g/mol. The third-order valence-corrected chi connectivity index (χ3v) is 3.14. The van der Waals surface area contributed by atoms with Crippen molar-refractivity contribution in [2.45, 2.75) is 6.04 Å². The lowest BCUT2D eigenvalue weighted by molar-refractivity contribution is 0.400. The van der Waals surface area contributed by atoms with Crippen LogP contribution in [0.25, 0.3) is 0 Å². The summed E-state index contributed by atoms with van der Waals surface area (Å²) < 4.78 is 19.4. The van der Waals surface area contributed by atoms with Crippen LogP contribution in [-0.4, -0.2) is 12.1 Å². The van der Waals surface area contributed by atoms with E-state index in [1.165, 1.54) is 12.1 Å². The third-order valence-electron chi connectivity index (χ3n) is 2.68. The minimum absolute atomic E-state index is 0.348. The summed E-state index contributed by atoms with van der Waals surface area (Å²) in [6.07, 6.45) is 1.64. The predicted octanol–water partition coefficient (Wildman–Crippen LogP) is 2.54. The molecule has 1 atom stereocenters. The molecule has 0 amide bonds. The van der Waals surface area contributed by atoms with Crippen LogP contribution in [0.2, 0.25) is 0 Å². The maximum Gasteiger partial charge on any atom is 0.142 e. The summed E-state index contributed by atoms with van der Waals surface area (Å²) in [4.78, 5) is 4.25. The van der Waals surface area contributed by atoms with E-state index >= 15 is 0 Å². The number of pyridine rings is 1. The monoisotopic (exact) mass is 325 g/mol. The van der Waals surface area contributed by atoms with Crippen molar-refractivity contribution in [3.8, 4) is 5.75 Å². The van der Waals surface area contributed by atoms with Crippen LogP contribution in [0.15, 0.2) is 41.0 Å². The molecule has 3 N–H and O–H groups in total. The molecule has 2 aromatic rings. The summed E-state index contributed by atoms with van der Waals surface area (Å²) in [6, 6.07) is 7.65. The van der Waals surface area contributed by atoms with Gasteiger partial charge in [-0.25, -0.2) is 9.82 Å². The molecule has 0 aliphatic heterocycles. The summed E-state index contributed by atoms with van der Waals surface area (Å²) in [5.41, 5.74) is 3.89. The lowest BCUT2D eigenvalue weighted by Crippen LogP contribution is -2.30. The second-order valence-electron chi connectivity index (χ2n) is 3.89. The Morgan fingerprint density at radius 3 is 2.84 bits per heavy atom. The predicted molar refractivity (Wildman–Crippen MR) is 74.1 cm³/mol. The molecule has 0 aliphatic rings. The van der Waals surface area contributed by atoms with Crippen LogP contribution in [0.1, 0.15) is 17.3 Å². The van der Waals surface area contributed by atoms with E-state index in [0.29, 0.717) is 21.5 Å². The molecule has 6 heteroatoms. The van der Waals surface area contributed by atoms with Crippen LogP contribution in [-0.2, 0) is 0 Å². The highest BCUT2D eigenvalue weighted by atomic mass is 79.9. The Kier molecular flexibility index (Phi) is 4.47. The number of aromatic nitrogens is 1. The zero-order valence-corrected chi connectivity index (χ0v) is 11.8. The molecule has 1 heterocycles. The topological polar surface area (TPSA) is 60.2 Å². The maximum atomic E-state index is 13.5. The van der Waals surface area contributed by atoms with Crippen LogP contribution in [0.4, 0.5) is 4.39 Å². The van der Waals surface area contributed by atoms with E-state index in [2.05, 4.69) is 26.3 Å². The first-order valence-electron chi connectivity index (χ1n) is 5.56. The average molecular weight is 326 g/mol. The number of hydrazine groups is 1. The Morgan fingerprint density at radius 2 is 2.21 bits per heavy atom. The SMILES string of the molecule is COc1cccnc1C(NN)c1cc(F)cc(Br)c1. The molecule has 19 heavy (non-hydrogen) atoms. The number of ether oxygens (including phenoxy) is 1. The highest BCUT2D eigenvalue weighted by Gasteiger charge is 2.19. The van der Waals surface area contributed by atoms with E-state index in [-0.39, 0.29) is 5.82 Å². The number of nitrogens with zero attached hydrogens (tertiary/aromatic N) is 1. The van der Waals surface area contributed by atoms with Crippen LogP contribution in [0.5, 0.6) is 5.75 Å². The first-order valence-corrected chi connectivity index (χ1v) is 6.36. The van der Waals surface area contributed by atoms with Gasteiger partial charge in [0.05, 0.1) is 13.2 Å². The van der Waals surface area contributed by atoms with E-state index in [4.69, 9.17) is 10.6 Å².